The second-order valence-electron chi connectivity index (χ2n) is 5.19. The number of hydrogen-bond donors (Lipinski definition) is 1. The summed E-state index contributed by atoms with van der Waals surface area (Å²) in [5, 5.41) is 4.75. The Balaban J connectivity index is 2.15. The Bertz CT molecular complexity index is 447. The number of amides is 1. The molecule has 1 saturated carbocycles. The molecular formula is C14H19NO3S. The fraction of sp³-hybridized carbons (Fsp3) is 0.571. The van der Waals surface area contributed by atoms with E-state index >= 15 is 0 Å². The van der Waals surface area contributed by atoms with Gasteiger partial charge < -0.3 is 10.1 Å². The molecule has 0 spiro atoms. The Morgan fingerprint density at radius 2 is 2.11 bits per heavy atom. The summed E-state index contributed by atoms with van der Waals surface area (Å²) in [5.41, 5.74) is -0.845. The average Bonchev–Trinajstić information content (AvgIpc) is 2.95. The van der Waals surface area contributed by atoms with Crippen LogP contribution in [0.1, 0.15) is 42.3 Å². The van der Waals surface area contributed by atoms with Crippen molar-refractivity contribution in [3.63, 3.8) is 0 Å². The summed E-state index contributed by atoms with van der Waals surface area (Å²) in [6.07, 6.45) is 3.16. The molecule has 2 rings (SSSR count). The lowest BCUT2D eigenvalue weighted by molar-refractivity contribution is -0.150. The van der Waals surface area contributed by atoms with Crippen LogP contribution in [0.3, 0.4) is 0 Å². The van der Waals surface area contributed by atoms with Crippen molar-refractivity contribution in [1.82, 2.24) is 5.32 Å². The fourth-order valence-corrected chi connectivity index (χ4v) is 3.14. The van der Waals surface area contributed by atoms with Gasteiger partial charge in [-0.25, -0.2) is 4.79 Å². The first-order chi connectivity index (χ1) is 9.07. The molecule has 1 aliphatic rings. The quantitative estimate of drug-likeness (QED) is 0.866. The van der Waals surface area contributed by atoms with Crippen molar-refractivity contribution < 1.29 is 14.3 Å². The molecule has 0 aromatic carbocycles. The molecule has 1 heterocycles. The van der Waals surface area contributed by atoms with E-state index in [2.05, 4.69) is 12.2 Å². The molecule has 1 aromatic heterocycles. The summed E-state index contributed by atoms with van der Waals surface area (Å²) < 4.78 is 4.90. The fourth-order valence-electron chi connectivity index (χ4n) is 2.52. The van der Waals surface area contributed by atoms with Crippen molar-refractivity contribution in [3.8, 4) is 0 Å². The Kier molecular flexibility index (Phi) is 4.24. The second-order valence-corrected chi connectivity index (χ2v) is 6.14. The van der Waals surface area contributed by atoms with Crippen LogP contribution in [0.4, 0.5) is 0 Å². The highest BCUT2D eigenvalue weighted by atomic mass is 32.1. The number of hydrogen-bond acceptors (Lipinski definition) is 4. The third kappa shape index (κ3) is 2.97. The normalized spacial score (nSPS) is 26.7. The van der Waals surface area contributed by atoms with E-state index in [1.807, 2.05) is 11.4 Å². The van der Waals surface area contributed by atoms with Gasteiger partial charge in [0.1, 0.15) is 5.54 Å². The maximum atomic E-state index is 12.2. The highest BCUT2D eigenvalue weighted by Gasteiger charge is 2.43. The van der Waals surface area contributed by atoms with Gasteiger partial charge in [-0.1, -0.05) is 13.0 Å². The van der Waals surface area contributed by atoms with Gasteiger partial charge in [0.2, 0.25) is 0 Å². The lowest BCUT2D eigenvalue weighted by Gasteiger charge is -2.37. The second kappa shape index (κ2) is 5.74. The van der Waals surface area contributed by atoms with Crippen LogP contribution in [0.5, 0.6) is 0 Å². The summed E-state index contributed by atoms with van der Waals surface area (Å²) in [6.45, 7) is 2.17. The smallest absolute Gasteiger partial charge is 0.331 e. The van der Waals surface area contributed by atoms with Crippen molar-refractivity contribution in [2.75, 3.05) is 7.11 Å². The standard InChI is InChI=1S/C14H19NO3S/c1-10-5-7-14(8-6-10,13(17)18-2)15-12(16)11-4-3-9-19-11/h3-4,9-10H,5-8H2,1-2H3,(H,15,16). The summed E-state index contributed by atoms with van der Waals surface area (Å²) in [4.78, 5) is 24.9. The monoisotopic (exact) mass is 281 g/mol. The zero-order chi connectivity index (χ0) is 13.9. The predicted octanol–water partition coefficient (Wildman–Crippen LogP) is 2.60. The Labute approximate surface area is 117 Å². The van der Waals surface area contributed by atoms with Crippen LogP contribution < -0.4 is 5.32 Å². The van der Waals surface area contributed by atoms with E-state index in [4.69, 9.17) is 4.74 Å². The first-order valence-corrected chi connectivity index (χ1v) is 7.40. The molecule has 1 aliphatic carbocycles. The van der Waals surface area contributed by atoms with Gasteiger partial charge in [0.15, 0.2) is 0 Å². The summed E-state index contributed by atoms with van der Waals surface area (Å²) in [7, 11) is 1.37. The maximum absolute atomic E-state index is 12.2. The van der Waals surface area contributed by atoms with Gasteiger partial charge in [-0.05, 0) is 43.0 Å². The molecule has 5 heteroatoms. The molecule has 4 nitrogen and oxygen atoms in total. The van der Waals surface area contributed by atoms with Crippen LogP contribution in [-0.2, 0) is 9.53 Å². The number of thiophene rings is 1. The lowest BCUT2D eigenvalue weighted by atomic mass is 9.77. The number of ether oxygens (including phenoxy) is 1. The van der Waals surface area contributed by atoms with Crippen LogP contribution in [0, 0.1) is 5.92 Å². The first-order valence-electron chi connectivity index (χ1n) is 6.52. The number of methoxy groups -OCH3 is 1. The largest absolute Gasteiger partial charge is 0.467 e. The van der Waals surface area contributed by atoms with Crippen LogP contribution in [-0.4, -0.2) is 24.5 Å². The minimum atomic E-state index is -0.845. The van der Waals surface area contributed by atoms with Crippen LogP contribution in [0.15, 0.2) is 17.5 Å². The highest BCUT2D eigenvalue weighted by Crippen LogP contribution is 2.33. The highest BCUT2D eigenvalue weighted by molar-refractivity contribution is 7.12. The van der Waals surface area contributed by atoms with Crippen molar-refractivity contribution in [1.29, 1.82) is 0 Å². The third-order valence-electron chi connectivity index (χ3n) is 3.80. The minimum absolute atomic E-state index is 0.185. The predicted molar refractivity (Wildman–Crippen MR) is 74.2 cm³/mol. The molecule has 0 saturated heterocycles. The zero-order valence-corrected chi connectivity index (χ0v) is 12.1. The Morgan fingerprint density at radius 1 is 1.42 bits per heavy atom. The lowest BCUT2D eigenvalue weighted by Crippen LogP contribution is -2.56. The van der Waals surface area contributed by atoms with E-state index in [1.165, 1.54) is 18.4 Å². The first kappa shape index (κ1) is 14.1. The van der Waals surface area contributed by atoms with Gasteiger partial charge in [0, 0.05) is 0 Å². The van der Waals surface area contributed by atoms with E-state index in [-0.39, 0.29) is 11.9 Å². The number of esters is 1. The molecule has 0 atom stereocenters. The number of rotatable bonds is 3. The molecule has 0 bridgehead atoms. The van der Waals surface area contributed by atoms with Crippen LogP contribution >= 0.6 is 11.3 Å². The van der Waals surface area contributed by atoms with Gasteiger partial charge in [-0.15, -0.1) is 11.3 Å². The van der Waals surface area contributed by atoms with Crippen molar-refractivity contribution in [2.24, 2.45) is 5.92 Å². The zero-order valence-electron chi connectivity index (χ0n) is 11.3. The molecule has 0 radical (unpaired) electrons. The van der Waals surface area contributed by atoms with Crippen molar-refractivity contribution in [2.45, 2.75) is 38.1 Å². The van der Waals surface area contributed by atoms with E-state index in [0.717, 1.165) is 12.8 Å². The van der Waals surface area contributed by atoms with Gasteiger partial charge in [0.25, 0.3) is 5.91 Å². The summed E-state index contributed by atoms with van der Waals surface area (Å²) in [6, 6.07) is 3.59. The molecule has 0 unspecified atom stereocenters. The minimum Gasteiger partial charge on any atom is -0.467 e. The Hall–Kier alpha value is -1.36. The topological polar surface area (TPSA) is 55.4 Å². The average molecular weight is 281 g/mol. The number of nitrogens with one attached hydrogen (secondary N) is 1. The molecule has 1 aromatic rings. The van der Waals surface area contributed by atoms with E-state index in [1.54, 1.807) is 6.07 Å². The van der Waals surface area contributed by atoms with Crippen LogP contribution in [0.2, 0.25) is 0 Å². The maximum Gasteiger partial charge on any atom is 0.331 e. The summed E-state index contributed by atoms with van der Waals surface area (Å²) in [5.74, 6) is 0.0793. The van der Waals surface area contributed by atoms with E-state index in [0.29, 0.717) is 23.6 Å². The SMILES string of the molecule is COC(=O)C1(NC(=O)c2cccs2)CCC(C)CC1. The molecule has 1 N–H and O–H groups in total. The van der Waals surface area contributed by atoms with Crippen molar-refractivity contribution >= 4 is 23.2 Å². The molecule has 1 fully saturated rings. The molecule has 19 heavy (non-hydrogen) atoms. The van der Waals surface area contributed by atoms with Gasteiger partial charge in [-0.2, -0.15) is 0 Å². The summed E-state index contributed by atoms with van der Waals surface area (Å²) >= 11 is 1.37. The molecule has 0 aliphatic heterocycles. The molecular weight excluding hydrogens is 262 g/mol. The molecule has 104 valence electrons. The number of carbonyl (C=O) groups excluding carboxylic acids is 2. The molecule has 1 amide bonds. The van der Waals surface area contributed by atoms with Crippen LogP contribution in [0.25, 0.3) is 0 Å². The van der Waals surface area contributed by atoms with Gasteiger partial charge in [-0.3, -0.25) is 4.79 Å². The van der Waals surface area contributed by atoms with E-state index < -0.39 is 5.54 Å². The van der Waals surface area contributed by atoms with E-state index in [9.17, 15) is 9.59 Å². The van der Waals surface area contributed by atoms with Gasteiger partial charge >= 0.3 is 5.97 Å². The van der Waals surface area contributed by atoms with Gasteiger partial charge in [0.05, 0.1) is 12.0 Å². The Morgan fingerprint density at radius 3 is 2.63 bits per heavy atom. The van der Waals surface area contributed by atoms with Crippen molar-refractivity contribution in [3.05, 3.63) is 22.4 Å². The number of carbonyl (C=O) groups is 2. The third-order valence-corrected chi connectivity index (χ3v) is 4.67.